The number of benzene rings is 1. The first-order chi connectivity index (χ1) is 11.5. The summed E-state index contributed by atoms with van der Waals surface area (Å²) in [6.45, 7) is 3.56. The second-order valence-electron chi connectivity index (χ2n) is 5.13. The highest BCUT2D eigenvalue weighted by atomic mass is 79.9. The number of hydrogen-bond donors (Lipinski definition) is 2. The van der Waals surface area contributed by atoms with Gasteiger partial charge in [0.15, 0.2) is 16.6 Å². The van der Waals surface area contributed by atoms with E-state index in [1.165, 1.54) is 0 Å². The van der Waals surface area contributed by atoms with E-state index < -0.39 is 0 Å². The summed E-state index contributed by atoms with van der Waals surface area (Å²) in [7, 11) is 3.21. The zero-order valence-corrected chi connectivity index (χ0v) is 16.3. The molecule has 0 radical (unpaired) electrons. The van der Waals surface area contributed by atoms with Crippen molar-refractivity contribution in [2.24, 2.45) is 0 Å². The number of methoxy groups -OCH3 is 2. The molecule has 8 heteroatoms. The molecule has 0 bridgehead atoms. The first-order valence-corrected chi connectivity index (χ1v) is 8.70. The third-order valence-electron chi connectivity index (χ3n) is 3.38. The van der Waals surface area contributed by atoms with E-state index in [1.807, 2.05) is 36.0 Å². The molecule has 1 aromatic heterocycles. The van der Waals surface area contributed by atoms with Crippen LogP contribution < -0.4 is 20.1 Å². The summed E-state index contributed by atoms with van der Waals surface area (Å²) in [4.78, 5) is 0. The highest BCUT2D eigenvalue weighted by Crippen LogP contribution is 2.29. The van der Waals surface area contributed by atoms with Crippen molar-refractivity contribution in [3.63, 3.8) is 0 Å². The van der Waals surface area contributed by atoms with Crippen LogP contribution in [0.25, 0.3) is 0 Å². The Morgan fingerprint density at radius 3 is 2.67 bits per heavy atom. The predicted molar refractivity (Wildman–Crippen MR) is 103 cm³/mol. The zero-order valence-electron chi connectivity index (χ0n) is 13.9. The van der Waals surface area contributed by atoms with Gasteiger partial charge >= 0.3 is 0 Å². The van der Waals surface area contributed by atoms with Crippen LogP contribution in [0.15, 0.2) is 28.9 Å². The van der Waals surface area contributed by atoms with Crippen LogP contribution in [0.1, 0.15) is 12.1 Å². The Bertz CT molecular complexity index is 686. The van der Waals surface area contributed by atoms with Crippen LogP contribution in [0.3, 0.4) is 0 Å². The first-order valence-electron chi connectivity index (χ1n) is 7.50. The Hall–Kier alpha value is -1.80. The lowest BCUT2D eigenvalue weighted by Gasteiger charge is -2.13. The normalized spacial score (nSPS) is 10.3. The fraction of sp³-hybridized carbons (Fsp3) is 0.375. The molecule has 0 saturated heterocycles. The van der Waals surface area contributed by atoms with Crippen molar-refractivity contribution in [2.75, 3.05) is 26.1 Å². The monoisotopic (exact) mass is 412 g/mol. The van der Waals surface area contributed by atoms with Crippen molar-refractivity contribution in [3.8, 4) is 11.5 Å². The molecule has 0 unspecified atom stereocenters. The van der Waals surface area contributed by atoms with Gasteiger partial charge in [0.25, 0.3) is 0 Å². The molecule has 6 nitrogen and oxygen atoms in total. The number of hydrogen-bond acceptors (Lipinski definition) is 4. The average molecular weight is 413 g/mol. The minimum atomic E-state index is 0.569. The van der Waals surface area contributed by atoms with E-state index in [0.717, 1.165) is 35.4 Å². The average Bonchev–Trinajstić information content (AvgIpc) is 2.89. The Kier molecular flexibility index (Phi) is 6.86. The maximum atomic E-state index is 5.31. The quantitative estimate of drug-likeness (QED) is 0.537. The molecule has 0 amide bonds. The fourth-order valence-electron chi connectivity index (χ4n) is 2.14. The van der Waals surface area contributed by atoms with Crippen LogP contribution in [0.4, 0.5) is 5.69 Å². The predicted octanol–water partition coefficient (Wildman–Crippen LogP) is 3.35. The molecule has 0 spiro atoms. The summed E-state index contributed by atoms with van der Waals surface area (Å²) < 4.78 is 13.4. The second-order valence-corrected chi connectivity index (χ2v) is 6.39. The fourth-order valence-corrected chi connectivity index (χ4v) is 2.68. The van der Waals surface area contributed by atoms with Gasteiger partial charge in [-0.25, -0.2) is 0 Å². The highest BCUT2D eigenvalue weighted by Gasteiger charge is 2.06. The van der Waals surface area contributed by atoms with E-state index in [2.05, 4.69) is 31.7 Å². The van der Waals surface area contributed by atoms with Gasteiger partial charge in [0.2, 0.25) is 0 Å². The summed E-state index contributed by atoms with van der Waals surface area (Å²) in [5.41, 5.74) is 1.84. The van der Waals surface area contributed by atoms with E-state index in [9.17, 15) is 0 Å². The molecule has 0 aliphatic rings. The zero-order chi connectivity index (χ0) is 17.5. The van der Waals surface area contributed by atoms with Gasteiger partial charge in [0, 0.05) is 31.0 Å². The van der Waals surface area contributed by atoms with E-state index in [0.29, 0.717) is 16.6 Å². The van der Waals surface area contributed by atoms with Crippen LogP contribution in [-0.4, -0.2) is 35.7 Å². The van der Waals surface area contributed by atoms with Gasteiger partial charge in [-0.3, -0.25) is 4.68 Å². The highest BCUT2D eigenvalue weighted by molar-refractivity contribution is 9.10. The third-order valence-corrected chi connectivity index (χ3v) is 4.40. The Labute approximate surface area is 155 Å². The molecule has 1 heterocycles. The molecule has 2 rings (SSSR count). The number of ether oxygens (including phenoxy) is 2. The van der Waals surface area contributed by atoms with Crippen LogP contribution in [0.5, 0.6) is 11.5 Å². The van der Waals surface area contributed by atoms with E-state index >= 15 is 0 Å². The molecule has 2 N–H and O–H groups in total. The number of rotatable bonds is 7. The van der Waals surface area contributed by atoms with Gasteiger partial charge < -0.3 is 20.1 Å². The van der Waals surface area contributed by atoms with Gasteiger partial charge in [-0.2, -0.15) is 5.10 Å². The lowest BCUT2D eigenvalue weighted by molar-refractivity contribution is 0.355. The van der Waals surface area contributed by atoms with E-state index in [-0.39, 0.29) is 0 Å². The minimum Gasteiger partial charge on any atom is -0.493 e. The van der Waals surface area contributed by atoms with Crippen molar-refractivity contribution >= 4 is 38.9 Å². The van der Waals surface area contributed by atoms with Crippen LogP contribution in [-0.2, 0) is 6.54 Å². The first kappa shape index (κ1) is 18.5. The number of nitrogens with zero attached hydrogens (tertiary/aromatic N) is 2. The summed E-state index contributed by atoms with van der Waals surface area (Å²) in [6.07, 6.45) is 2.90. The van der Waals surface area contributed by atoms with Gasteiger partial charge in [-0.1, -0.05) is 0 Å². The van der Waals surface area contributed by atoms with Crippen molar-refractivity contribution < 1.29 is 9.47 Å². The molecule has 0 saturated carbocycles. The van der Waals surface area contributed by atoms with Crippen molar-refractivity contribution in [1.29, 1.82) is 0 Å². The number of aromatic nitrogens is 2. The molecule has 2 aromatic rings. The molecule has 130 valence electrons. The van der Waals surface area contributed by atoms with Gasteiger partial charge in [0.05, 0.1) is 24.4 Å². The van der Waals surface area contributed by atoms with Crippen molar-refractivity contribution in [2.45, 2.75) is 19.9 Å². The second kappa shape index (κ2) is 8.89. The van der Waals surface area contributed by atoms with Crippen LogP contribution in [0, 0.1) is 6.92 Å². The van der Waals surface area contributed by atoms with E-state index in [4.69, 9.17) is 21.7 Å². The Morgan fingerprint density at radius 2 is 2.04 bits per heavy atom. The topological polar surface area (TPSA) is 60.3 Å². The minimum absolute atomic E-state index is 0.569. The maximum Gasteiger partial charge on any atom is 0.170 e. The molecular weight excluding hydrogens is 392 g/mol. The smallest absolute Gasteiger partial charge is 0.170 e. The number of aryl methyl sites for hydroxylation is 2. The standard InChI is InChI=1S/C16H21BrN4O2S/c1-11-13(17)10-21(20-11)8-4-7-18-16(24)19-12-5-6-14(22-2)15(9-12)23-3/h5-6,9-10H,4,7-8H2,1-3H3,(H2,18,19,24). The number of thiocarbonyl (C=S) groups is 1. The van der Waals surface area contributed by atoms with Crippen LogP contribution in [0.2, 0.25) is 0 Å². The SMILES string of the molecule is COc1ccc(NC(=S)NCCCn2cc(Br)c(C)n2)cc1OC. The van der Waals surface area contributed by atoms with E-state index in [1.54, 1.807) is 14.2 Å². The summed E-state index contributed by atoms with van der Waals surface area (Å²) in [6, 6.07) is 5.57. The molecule has 0 atom stereocenters. The van der Waals surface area contributed by atoms with Gasteiger partial charge in [0.1, 0.15) is 0 Å². The van der Waals surface area contributed by atoms with Crippen LogP contribution >= 0.6 is 28.1 Å². The lowest BCUT2D eigenvalue weighted by atomic mass is 10.3. The molecule has 24 heavy (non-hydrogen) atoms. The third kappa shape index (κ3) is 5.10. The Morgan fingerprint density at radius 1 is 1.29 bits per heavy atom. The number of nitrogens with one attached hydrogen (secondary N) is 2. The van der Waals surface area contributed by atoms with Crippen molar-refractivity contribution in [1.82, 2.24) is 15.1 Å². The summed E-state index contributed by atoms with van der Waals surface area (Å²) in [5, 5.41) is 11.3. The molecule has 1 aromatic carbocycles. The molecule has 0 fully saturated rings. The molecule has 0 aliphatic carbocycles. The largest absolute Gasteiger partial charge is 0.493 e. The molecule has 0 aliphatic heterocycles. The van der Waals surface area contributed by atoms with Gasteiger partial charge in [-0.05, 0) is 53.6 Å². The summed E-state index contributed by atoms with van der Waals surface area (Å²) in [5.74, 6) is 1.34. The lowest BCUT2D eigenvalue weighted by Crippen LogP contribution is -2.29. The molecular formula is C16H21BrN4O2S. The number of halogens is 1. The maximum absolute atomic E-state index is 5.31. The number of anilines is 1. The van der Waals surface area contributed by atoms with Crippen molar-refractivity contribution in [3.05, 3.63) is 34.6 Å². The van der Waals surface area contributed by atoms with Gasteiger partial charge in [-0.15, -0.1) is 0 Å². The summed E-state index contributed by atoms with van der Waals surface area (Å²) >= 11 is 8.77. The Balaban J connectivity index is 1.77.